The van der Waals surface area contributed by atoms with Crippen molar-refractivity contribution in [2.24, 2.45) is 10.7 Å². The van der Waals surface area contributed by atoms with E-state index in [4.69, 9.17) is 10.5 Å². The van der Waals surface area contributed by atoms with Gasteiger partial charge in [0.25, 0.3) is 0 Å². The zero-order valence-corrected chi connectivity index (χ0v) is 15.8. The monoisotopic (exact) mass is 436 g/mol. The standard InChI is InChI=1S/C18H20N4O.HI/c1-23-16-8-6-14(7-9-16)22-18(19)20-11-10-15-12-13-4-2-3-5-17(13)21-15;/h2-9,12,21H,10-11H2,1H3,(H3,19,20,22);1H. The number of nitrogens with one attached hydrogen (secondary N) is 2. The van der Waals surface area contributed by atoms with Gasteiger partial charge in [-0.25, -0.2) is 0 Å². The summed E-state index contributed by atoms with van der Waals surface area (Å²) < 4.78 is 5.12. The second-order valence-corrected chi connectivity index (χ2v) is 5.25. The molecule has 0 saturated heterocycles. The summed E-state index contributed by atoms with van der Waals surface area (Å²) in [6.45, 7) is 0.627. The molecule has 0 aliphatic carbocycles. The SMILES string of the molecule is COc1ccc(NC(N)=NCCc2cc3ccccc3[nH]2)cc1.I. The van der Waals surface area contributed by atoms with Crippen molar-refractivity contribution in [3.05, 3.63) is 60.3 Å². The summed E-state index contributed by atoms with van der Waals surface area (Å²) in [6, 6.07) is 17.9. The lowest BCUT2D eigenvalue weighted by atomic mass is 10.2. The topological polar surface area (TPSA) is 75.4 Å². The molecule has 0 bridgehead atoms. The van der Waals surface area contributed by atoms with Crippen molar-refractivity contribution < 1.29 is 4.74 Å². The Hall–Kier alpha value is -2.22. The third kappa shape index (κ3) is 4.64. The van der Waals surface area contributed by atoms with Crippen LogP contribution < -0.4 is 15.8 Å². The minimum atomic E-state index is 0. The number of nitrogens with two attached hydrogens (primary N) is 1. The molecule has 0 aliphatic rings. The molecular formula is C18H21IN4O. The van der Waals surface area contributed by atoms with Gasteiger partial charge in [0.1, 0.15) is 5.75 Å². The van der Waals surface area contributed by atoms with Gasteiger partial charge >= 0.3 is 0 Å². The van der Waals surface area contributed by atoms with Gasteiger partial charge in [-0.3, -0.25) is 4.99 Å². The van der Waals surface area contributed by atoms with Crippen molar-refractivity contribution >= 4 is 46.5 Å². The molecule has 3 aromatic rings. The summed E-state index contributed by atoms with van der Waals surface area (Å²) in [6.07, 6.45) is 0.819. The van der Waals surface area contributed by atoms with Gasteiger partial charge in [0.05, 0.1) is 7.11 Å². The first-order valence-electron chi connectivity index (χ1n) is 7.52. The second-order valence-electron chi connectivity index (χ2n) is 5.25. The number of fused-ring (bicyclic) bond motifs is 1. The number of benzene rings is 2. The third-order valence-corrected chi connectivity index (χ3v) is 3.61. The van der Waals surface area contributed by atoms with E-state index < -0.39 is 0 Å². The van der Waals surface area contributed by atoms with E-state index in [-0.39, 0.29) is 24.0 Å². The van der Waals surface area contributed by atoms with Crippen molar-refractivity contribution in [3.8, 4) is 5.75 Å². The van der Waals surface area contributed by atoms with Crippen LogP contribution in [-0.2, 0) is 6.42 Å². The molecule has 0 aliphatic heterocycles. The molecule has 0 spiro atoms. The van der Waals surface area contributed by atoms with Crippen molar-refractivity contribution in [2.45, 2.75) is 6.42 Å². The van der Waals surface area contributed by atoms with E-state index in [0.717, 1.165) is 29.1 Å². The van der Waals surface area contributed by atoms with E-state index in [1.54, 1.807) is 7.11 Å². The van der Waals surface area contributed by atoms with Crippen molar-refractivity contribution in [1.82, 2.24) is 4.98 Å². The molecule has 0 fully saturated rings. The van der Waals surface area contributed by atoms with Gasteiger partial charge in [-0.2, -0.15) is 0 Å². The molecule has 0 unspecified atom stereocenters. The normalized spacial score (nSPS) is 11.1. The van der Waals surface area contributed by atoms with Crippen LogP contribution in [0.15, 0.2) is 59.6 Å². The molecule has 1 aromatic heterocycles. The Labute approximate surface area is 158 Å². The summed E-state index contributed by atoms with van der Waals surface area (Å²) in [5.74, 6) is 1.22. The van der Waals surface area contributed by atoms with Gasteiger partial charge < -0.3 is 20.8 Å². The molecule has 2 aromatic carbocycles. The molecular weight excluding hydrogens is 415 g/mol. The molecule has 5 nitrogen and oxygen atoms in total. The fourth-order valence-electron chi connectivity index (χ4n) is 2.43. The Morgan fingerprint density at radius 2 is 1.92 bits per heavy atom. The second kappa shape index (κ2) is 8.58. The van der Waals surface area contributed by atoms with E-state index in [1.807, 2.05) is 36.4 Å². The first-order chi connectivity index (χ1) is 11.2. The maximum atomic E-state index is 5.91. The average Bonchev–Trinajstić information content (AvgIpc) is 2.98. The number of halogens is 1. The molecule has 6 heteroatoms. The fraction of sp³-hybridized carbons (Fsp3) is 0.167. The minimum Gasteiger partial charge on any atom is -0.497 e. The summed E-state index contributed by atoms with van der Waals surface area (Å²) in [5, 5.41) is 4.29. The van der Waals surface area contributed by atoms with E-state index in [0.29, 0.717) is 12.5 Å². The highest BCUT2D eigenvalue weighted by atomic mass is 127. The van der Waals surface area contributed by atoms with Crippen LogP contribution in [0.1, 0.15) is 5.69 Å². The number of aromatic nitrogens is 1. The Morgan fingerprint density at radius 1 is 1.17 bits per heavy atom. The molecule has 0 amide bonds. The summed E-state index contributed by atoms with van der Waals surface area (Å²) in [4.78, 5) is 7.75. The van der Waals surface area contributed by atoms with E-state index in [9.17, 15) is 0 Å². The van der Waals surface area contributed by atoms with E-state index in [1.165, 1.54) is 5.39 Å². The van der Waals surface area contributed by atoms with Crippen LogP contribution in [0, 0.1) is 0 Å². The maximum Gasteiger partial charge on any atom is 0.193 e. The molecule has 4 N–H and O–H groups in total. The fourth-order valence-corrected chi connectivity index (χ4v) is 2.43. The van der Waals surface area contributed by atoms with Crippen LogP contribution in [0.3, 0.4) is 0 Å². The minimum absolute atomic E-state index is 0. The zero-order valence-electron chi connectivity index (χ0n) is 13.5. The highest BCUT2D eigenvalue weighted by molar-refractivity contribution is 14.0. The van der Waals surface area contributed by atoms with Gasteiger partial charge in [-0.1, -0.05) is 18.2 Å². The Balaban J connectivity index is 0.00000208. The van der Waals surface area contributed by atoms with Crippen molar-refractivity contribution in [2.75, 3.05) is 19.0 Å². The lowest BCUT2D eigenvalue weighted by molar-refractivity contribution is 0.415. The summed E-state index contributed by atoms with van der Waals surface area (Å²) >= 11 is 0. The molecule has 0 saturated carbocycles. The average molecular weight is 436 g/mol. The number of nitrogens with zero attached hydrogens (tertiary/aromatic N) is 1. The quantitative estimate of drug-likeness (QED) is 0.324. The van der Waals surface area contributed by atoms with Gasteiger partial charge in [0.2, 0.25) is 0 Å². The Kier molecular flexibility index (Phi) is 6.48. The number of methoxy groups -OCH3 is 1. The zero-order chi connectivity index (χ0) is 16.1. The highest BCUT2D eigenvalue weighted by Crippen LogP contribution is 2.16. The highest BCUT2D eigenvalue weighted by Gasteiger charge is 2.00. The molecule has 1 heterocycles. The smallest absolute Gasteiger partial charge is 0.193 e. The molecule has 3 rings (SSSR count). The summed E-state index contributed by atoms with van der Waals surface area (Å²) in [7, 11) is 1.64. The summed E-state index contributed by atoms with van der Waals surface area (Å²) in [5.41, 5.74) is 9.11. The number of aromatic amines is 1. The largest absolute Gasteiger partial charge is 0.497 e. The Morgan fingerprint density at radius 3 is 2.62 bits per heavy atom. The number of hydrogen-bond acceptors (Lipinski definition) is 2. The number of anilines is 1. The predicted octanol–water partition coefficient (Wildman–Crippen LogP) is 3.76. The lowest BCUT2D eigenvalue weighted by Gasteiger charge is -2.06. The van der Waals surface area contributed by atoms with Crippen molar-refractivity contribution in [3.63, 3.8) is 0 Å². The Bertz CT molecular complexity index is 778. The van der Waals surface area contributed by atoms with Crippen LogP contribution in [0.4, 0.5) is 5.69 Å². The van der Waals surface area contributed by atoms with Crippen LogP contribution in [0.2, 0.25) is 0 Å². The predicted molar refractivity (Wildman–Crippen MR) is 111 cm³/mol. The van der Waals surface area contributed by atoms with Gasteiger partial charge in [0.15, 0.2) is 5.96 Å². The van der Waals surface area contributed by atoms with Crippen molar-refractivity contribution in [1.29, 1.82) is 0 Å². The molecule has 0 atom stereocenters. The maximum absolute atomic E-state index is 5.91. The van der Waals surface area contributed by atoms with Crippen LogP contribution in [-0.4, -0.2) is 24.6 Å². The van der Waals surface area contributed by atoms with Crippen LogP contribution in [0.5, 0.6) is 5.75 Å². The first-order valence-corrected chi connectivity index (χ1v) is 7.52. The third-order valence-electron chi connectivity index (χ3n) is 3.61. The van der Waals surface area contributed by atoms with E-state index in [2.05, 4.69) is 33.5 Å². The molecule has 126 valence electrons. The number of guanidine groups is 1. The van der Waals surface area contributed by atoms with Gasteiger partial charge in [-0.15, -0.1) is 24.0 Å². The van der Waals surface area contributed by atoms with E-state index >= 15 is 0 Å². The first kappa shape index (κ1) is 18.1. The number of rotatable bonds is 5. The van der Waals surface area contributed by atoms with Gasteiger partial charge in [0, 0.05) is 29.9 Å². The number of H-pyrrole nitrogens is 1. The number of hydrogen-bond donors (Lipinski definition) is 3. The van der Waals surface area contributed by atoms with Crippen LogP contribution >= 0.6 is 24.0 Å². The molecule has 0 radical (unpaired) electrons. The number of para-hydroxylation sites is 1. The number of ether oxygens (including phenoxy) is 1. The number of aliphatic imine (C=N–C) groups is 1. The lowest BCUT2D eigenvalue weighted by Crippen LogP contribution is -2.23. The van der Waals surface area contributed by atoms with Crippen LogP contribution in [0.25, 0.3) is 10.9 Å². The van der Waals surface area contributed by atoms with Gasteiger partial charge in [-0.05, 0) is 41.8 Å². The molecule has 24 heavy (non-hydrogen) atoms.